The van der Waals surface area contributed by atoms with Crippen LogP contribution in [0.1, 0.15) is 35.9 Å². The van der Waals surface area contributed by atoms with Gasteiger partial charge in [-0.3, -0.25) is 4.79 Å². The van der Waals surface area contributed by atoms with E-state index in [1.807, 2.05) is 18.2 Å². The van der Waals surface area contributed by atoms with Crippen LogP contribution < -0.4 is 14.8 Å². The molecule has 1 atom stereocenters. The largest absolute Gasteiger partial charge is 0.493 e. The van der Waals surface area contributed by atoms with Crippen molar-refractivity contribution in [1.82, 2.24) is 14.9 Å². The van der Waals surface area contributed by atoms with Crippen molar-refractivity contribution in [2.75, 3.05) is 13.7 Å². The minimum Gasteiger partial charge on any atom is -0.493 e. The number of hydrogen-bond acceptors (Lipinski definition) is 6. The highest BCUT2D eigenvalue weighted by molar-refractivity contribution is 7.05. The van der Waals surface area contributed by atoms with Gasteiger partial charge in [-0.2, -0.15) is 0 Å². The molecule has 1 aromatic carbocycles. The molecular formula is C17H21N3O3S. The van der Waals surface area contributed by atoms with E-state index < -0.39 is 0 Å². The van der Waals surface area contributed by atoms with E-state index in [9.17, 15) is 4.79 Å². The van der Waals surface area contributed by atoms with Crippen molar-refractivity contribution in [2.24, 2.45) is 5.92 Å². The Kier molecular flexibility index (Phi) is 4.99. The molecule has 1 amide bonds. The Morgan fingerprint density at radius 2 is 2.33 bits per heavy atom. The zero-order valence-electron chi connectivity index (χ0n) is 14.0. The molecule has 1 aliphatic heterocycles. The van der Waals surface area contributed by atoms with Crippen LogP contribution in [0.2, 0.25) is 0 Å². The zero-order valence-corrected chi connectivity index (χ0v) is 14.9. The van der Waals surface area contributed by atoms with E-state index in [2.05, 4.69) is 28.8 Å². The van der Waals surface area contributed by atoms with Gasteiger partial charge >= 0.3 is 0 Å². The van der Waals surface area contributed by atoms with Gasteiger partial charge in [-0.25, -0.2) is 0 Å². The van der Waals surface area contributed by atoms with Gasteiger partial charge in [0.15, 0.2) is 11.5 Å². The third kappa shape index (κ3) is 3.36. The van der Waals surface area contributed by atoms with E-state index in [0.717, 1.165) is 21.9 Å². The van der Waals surface area contributed by atoms with Crippen LogP contribution in [0.3, 0.4) is 0 Å². The van der Waals surface area contributed by atoms with Crippen LogP contribution in [0, 0.1) is 5.92 Å². The summed E-state index contributed by atoms with van der Waals surface area (Å²) in [5.74, 6) is 1.55. The molecule has 0 spiro atoms. The van der Waals surface area contributed by atoms with Crippen LogP contribution in [0.5, 0.6) is 11.5 Å². The number of carbonyl (C=O) groups is 1. The molecule has 6 nitrogen and oxygen atoms in total. The first-order valence-electron chi connectivity index (χ1n) is 7.97. The number of carbonyl (C=O) groups excluding carboxylic acids is 1. The smallest absolute Gasteiger partial charge is 0.227 e. The highest BCUT2D eigenvalue weighted by Gasteiger charge is 2.28. The van der Waals surface area contributed by atoms with Crippen LogP contribution in [-0.2, 0) is 17.8 Å². The van der Waals surface area contributed by atoms with Crippen molar-refractivity contribution in [1.29, 1.82) is 0 Å². The van der Waals surface area contributed by atoms with Gasteiger partial charge in [0, 0.05) is 0 Å². The maximum Gasteiger partial charge on any atom is 0.227 e. The molecule has 2 heterocycles. The highest BCUT2D eigenvalue weighted by Crippen LogP contribution is 2.36. The minimum absolute atomic E-state index is 0.00780. The highest BCUT2D eigenvalue weighted by atomic mass is 32.1. The van der Waals surface area contributed by atoms with Crippen LogP contribution in [0.25, 0.3) is 0 Å². The molecule has 0 fully saturated rings. The van der Waals surface area contributed by atoms with E-state index in [-0.39, 0.29) is 11.8 Å². The Morgan fingerprint density at radius 3 is 3.08 bits per heavy atom. The number of para-hydroxylation sites is 1. The molecule has 1 aromatic heterocycles. The molecule has 0 radical (unpaired) electrons. The number of nitrogens with zero attached hydrogens (tertiary/aromatic N) is 2. The standard InChI is InChI=1S/C17H21N3O3S/c1-10(2)15-14(24-20-19-15)8-18-17(21)12-7-11-5-4-6-13(22-3)16(11)23-9-12/h4-6,10,12H,7-9H2,1-3H3,(H,18,21). The van der Waals surface area contributed by atoms with Crippen molar-refractivity contribution in [3.63, 3.8) is 0 Å². The van der Waals surface area contributed by atoms with E-state index >= 15 is 0 Å². The molecule has 7 heteroatoms. The lowest BCUT2D eigenvalue weighted by Gasteiger charge is -2.25. The number of aromatic nitrogens is 2. The van der Waals surface area contributed by atoms with Crippen molar-refractivity contribution < 1.29 is 14.3 Å². The predicted molar refractivity (Wildman–Crippen MR) is 91.5 cm³/mol. The van der Waals surface area contributed by atoms with Gasteiger partial charge in [0.05, 0.1) is 30.1 Å². The number of fused-ring (bicyclic) bond motifs is 1. The van der Waals surface area contributed by atoms with Crippen LogP contribution in [0.15, 0.2) is 18.2 Å². The topological polar surface area (TPSA) is 73.3 Å². The summed E-state index contributed by atoms with van der Waals surface area (Å²) in [6.07, 6.45) is 0.649. The van der Waals surface area contributed by atoms with Gasteiger partial charge in [-0.05, 0) is 35.5 Å². The molecule has 128 valence electrons. The SMILES string of the molecule is COc1cccc2c1OCC(C(=O)NCc1snnc1C(C)C)C2. The molecule has 0 saturated heterocycles. The molecule has 3 rings (SSSR count). The summed E-state index contributed by atoms with van der Waals surface area (Å²) in [5.41, 5.74) is 1.96. The molecule has 0 aliphatic carbocycles. The van der Waals surface area contributed by atoms with Gasteiger partial charge < -0.3 is 14.8 Å². The van der Waals surface area contributed by atoms with Crippen LogP contribution in [0.4, 0.5) is 0 Å². The first-order chi connectivity index (χ1) is 11.6. The van der Waals surface area contributed by atoms with Crippen molar-refractivity contribution in [2.45, 2.75) is 32.7 Å². The van der Waals surface area contributed by atoms with E-state index in [1.165, 1.54) is 11.5 Å². The van der Waals surface area contributed by atoms with Gasteiger partial charge in [0.1, 0.15) is 6.61 Å². The number of hydrogen-bond donors (Lipinski definition) is 1. The number of rotatable bonds is 5. The number of amides is 1. The minimum atomic E-state index is -0.201. The monoisotopic (exact) mass is 347 g/mol. The van der Waals surface area contributed by atoms with Crippen LogP contribution in [-0.4, -0.2) is 29.2 Å². The van der Waals surface area contributed by atoms with Gasteiger partial charge in [-0.15, -0.1) is 5.10 Å². The quantitative estimate of drug-likeness (QED) is 0.900. The van der Waals surface area contributed by atoms with E-state index in [0.29, 0.717) is 31.2 Å². The second-order valence-corrected chi connectivity index (χ2v) is 6.95. The second-order valence-electron chi connectivity index (χ2n) is 6.11. The molecule has 1 N–H and O–H groups in total. The average molecular weight is 347 g/mol. The summed E-state index contributed by atoms with van der Waals surface area (Å²) in [5, 5.41) is 7.12. The van der Waals surface area contributed by atoms with E-state index in [1.54, 1.807) is 7.11 Å². The van der Waals surface area contributed by atoms with Crippen LogP contribution >= 0.6 is 11.5 Å². The third-order valence-electron chi connectivity index (χ3n) is 4.10. The summed E-state index contributed by atoms with van der Waals surface area (Å²) >= 11 is 1.34. The lowest BCUT2D eigenvalue weighted by Crippen LogP contribution is -2.37. The molecule has 24 heavy (non-hydrogen) atoms. The third-order valence-corrected chi connectivity index (χ3v) is 4.84. The molecule has 2 aromatic rings. The van der Waals surface area contributed by atoms with Gasteiger partial charge in [0.25, 0.3) is 0 Å². The summed E-state index contributed by atoms with van der Waals surface area (Å²) in [7, 11) is 1.62. The van der Waals surface area contributed by atoms with Gasteiger partial charge in [-0.1, -0.05) is 30.5 Å². The number of benzene rings is 1. The van der Waals surface area contributed by atoms with Crippen molar-refractivity contribution in [3.05, 3.63) is 34.3 Å². The Morgan fingerprint density at radius 1 is 1.50 bits per heavy atom. The predicted octanol–water partition coefficient (Wildman–Crippen LogP) is 2.54. The molecule has 1 aliphatic rings. The first kappa shape index (κ1) is 16.7. The summed E-state index contributed by atoms with van der Waals surface area (Å²) in [4.78, 5) is 13.5. The van der Waals surface area contributed by atoms with Crippen molar-refractivity contribution >= 4 is 17.4 Å². The molecule has 0 bridgehead atoms. The normalized spacial score (nSPS) is 16.4. The molecule has 1 unspecified atom stereocenters. The first-order valence-corrected chi connectivity index (χ1v) is 8.75. The fourth-order valence-electron chi connectivity index (χ4n) is 2.81. The molecular weight excluding hydrogens is 326 g/mol. The van der Waals surface area contributed by atoms with Gasteiger partial charge in [0.2, 0.25) is 5.91 Å². The number of methoxy groups -OCH3 is 1. The second kappa shape index (κ2) is 7.17. The fraction of sp³-hybridized carbons (Fsp3) is 0.471. The zero-order chi connectivity index (χ0) is 17.1. The average Bonchev–Trinajstić information content (AvgIpc) is 3.07. The Hall–Kier alpha value is -2.15. The number of ether oxygens (including phenoxy) is 2. The fourth-order valence-corrected chi connectivity index (χ4v) is 3.55. The Labute approximate surface area is 145 Å². The lowest BCUT2D eigenvalue weighted by atomic mass is 9.95. The maximum absolute atomic E-state index is 12.5. The number of nitrogens with one attached hydrogen (secondary N) is 1. The molecule has 0 saturated carbocycles. The summed E-state index contributed by atoms with van der Waals surface area (Å²) in [6.45, 7) is 4.96. The summed E-state index contributed by atoms with van der Waals surface area (Å²) in [6, 6.07) is 5.75. The maximum atomic E-state index is 12.5. The van der Waals surface area contributed by atoms with E-state index in [4.69, 9.17) is 9.47 Å². The lowest BCUT2D eigenvalue weighted by molar-refractivity contribution is -0.126. The Bertz CT molecular complexity index is 730. The Balaban J connectivity index is 1.63. The van der Waals surface area contributed by atoms with Crippen molar-refractivity contribution in [3.8, 4) is 11.5 Å². The summed E-state index contributed by atoms with van der Waals surface area (Å²) < 4.78 is 15.1.